The largest absolute Gasteiger partial charge is 0.454 e. The Balaban J connectivity index is 1.57. The van der Waals surface area contributed by atoms with Gasteiger partial charge in [-0.05, 0) is 80.0 Å². The Hall–Kier alpha value is -1.92. The Kier molecular flexibility index (Phi) is 5.43. The molecule has 0 spiro atoms. The van der Waals surface area contributed by atoms with Gasteiger partial charge in [0.25, 0.3) is 0 Å². The molecule has 2 N–H and O–H groups in total. The van der Waals surface area contributed by atoms with E-state index in [4.69, 9.17) is 9.20 Å². The lowest BCUT2D eigenvalue weighted by Crippen LogP contribution is -2.19. The topological polar surface area (TPSA) is 91.4 Å². The van der Waals surface area contributed by atoms with Gasteiger partial charge >= 0.3 is 0 Å². The summed E-state index contributed by atoms with van der Waals surface area (Å²) in [5.41, 5.74) is 4.29. The number of carbonyl (C=O) groups is 1. The molecule has 1 saturated carbocycles. The van der Waals surface area contributed by atoms with Crippen molar-refractivity contribution in [2.75, 3.05) is 5.75 Å². The number of aryl methyl sites for hydroxylation is 1. The van der Waals surface area contributed by atoms with Crippen LogP contribution in [0.15, 0.2) is 34.0 Å². The third-order valence-electron chi connectivity index (χ3n) is 6.60. The SMILES string of the molecule is C[C@@H](c1ccc2c(c1CC(=O)CS(=N)(=O)c1cc(C(C)(C)O)co1)CCC2)C1CC1. The van der Waals surface area contributed by atoms with Gasteiger partial charge in [-0.15, -0.1) is 0 Å². The average Bonchev–Trinajstić information content (AvgIpc) is 3.16. The summed E-state index contributed by atoms with van der Waals surface area (Å²) in [7, 11) is -3.40. The molecule has 6 heteroatoms. The summed E-state index contributed by atoms with van der Waals surface area (Å²) in [6.07, 6.45) is 7.18. The first-order valence-electron chi connectivity index (χ1n) is 10.8. The van der Waals surface area contributed by atoms with Crippen LogP contribution in [-0.4, -0.2) is 20.9 Å². The molecule has 2 aliphatic rings. The summed E-state index contributed by atoms with van der Waals surface area (Å²) in [6.45, 7) is 5.44. The van der Waals surface area contributed by atoms with Crippen LogP contribution in [-0.2, 0) is 39.4 Å². The quantitative estimate of drug-likeness (QED) is 0.635. The monoisotopic (exact) mass is 429 g/mol. The minimum Gasteiger partial charge on any atom is -0.454 e. The lowest BCUT2D eigenvalue weighted by Gasteiger charge is -2.19. The highest BCUT2D eigenvalue weighted by Gasteiger charge is 2.32. The normalized spacial score (nSPS) is 19.3. The fourth-order valence-electron chi connectivity index (χ4n) is 4.60. The van der Waals surface area contributed by atoms with Crippen LogP contribution in [0.1, 0.15) is 73.8 Å². The predicted molar refractivity (Wildman–Crippen MR) is 116 cm³/mol. The lowest BCUT2D eigenvalue weighted by molar-refractivity contribution is -0.116. The minimum absolute atomic E-state index is 0.0437. The van der Waals surface area contributed by atoms with Crippen LogP contribution in [0.2, 0.25) is 0 Å². The number of ketones is 1. The fourth-order valence-corrected chi connectivity index (χ4v) is 5.82. The molecule has 0 radical (unpaired) electrons. The Bertz CT molecular complexity index is 1070. The number of benzene rings is 1. The van der Waals surface area contributed by atoms with Gasteiger partial charge in [0.15, 0.2) is 10.9 Å². The van der Waals surface area contributed by atoms with Crippen molar-refractivity contribution in [3.8, 4) is 0 Å². The van der Waals surface area contributed by atoms with Crippen molar-refractivity contribution in [3.63, 3.8) is 0 Å². The Morgan fingerprint density at radius 1 is 1.33 bits per heavy atom. The van der Waals surface area contributed by atoms with Gasteiger partial charge in [0.05, 0.1) is 17.6 Å². The van der Waals surface area contributed by atoms with Gasteiger partial charge in [-0.1, -0.05) is 19.1 Å². The van der Waals surface area contributed by atoms with Gasteiger partial charge < -0.3 is 9.52 Å². The molecular weight excluding hydrogens is 398 g/mol. The zero-order valence-corrected chi connectivity index (χ0v) is 18.8. The van der Waals surface area contributed by atoms with Gasteiger partial charge in [-0.3, -0.25) is 4.79 Å². The van der Waals surface area contributed by atoms with E-state index in [1.165, 1.54) is 41.9 Å². The number of rotatable bonds is 8. The van der Waals surface area contributed by atoms with E-state index < -0.39 is 15.3 Å². The molecule has 1 aromatic carbocycles. The highest BCUT2D eigenvalue weighted by atomic mass is 32.2. The van der Waals surface area contributed by atoms with E-state index >= 15 is 0 Å². The Morgan fingerprint density at radius 3 is 2.70 bits per heavy atom. The van der Waals surface area contributed by atoms with Gasteiger partial charge in [0.2, 0.25) is 0 Å². The Morgan fingerprint density at radius 2 is 2.07 bits per heavy atom. The molecule has 0 aliphatic heterocycles. The molecule has 2 aliphatic carbocycles. The van der Waals surface area contributed by atoms with Crippen molar-refractivity contribution in [3.05, 3.63) is 52.3 Å². The number of nitrogens with one attached hydrogen (secondary N) is 1. The van der Waals surface area contributed by atoms with Crippen LogP contribution >= 0.6 is 0 Å². The third kappa shape index (κ3) is 4.26. The maximum atomic E-state index is 13.0. The van der Waals surface area contributed by atoms with Gasteiger partial charge in [0, 0.05) is 18.1 Å². The minimum atomic E-state index is -3.40. The second kappa shape index (κ2) is 7.65. The molecule has 1 heterocycles. The summed E-state index contributed by atoms with van der Waals surface area (Å²) in [4.78, 5) is 13.0. The predicted octanol–water partition coefficient (Wildman–Crippen LogP) is 4.73. The molecule has 2 atom stereocenters. The van der Waals surface area contributed by atoms with Crippen molar-refractivity contribution in [2.24, 2.45) is 5.92 Å². The van der Waals surface area contributed by atoms with E-state index in [9.17, 15) is 14.1 Å². The number of fused-ring (bicyclic) bond motifs is 1. The van der Waals surface area contributed by atoms with E-state index in [0.717, 1.165) is 24.8 Å². The molecule has 1 unspecified atom stereocenters. The zero-order valence-electron chi connectivity index (χ0n) is 18.0. The summed E-state index contributed by atoms with van der Waals surface area (Å²) in [6, 6.07) is 5.85. The third-order valence-corrected chi connectivity index (χ3v) is 8.19. The summed E-state index contributed by atoms with van der Waals surface area (Å²) in [5.74, 6) is 0.563. The van der Waals surface area contributed by atoms with Crippen LogP contribution in [0.4, 0.5) is 0 Å². The number of carbonyl (C=O) groups excluding carboxylic acids is 1. The van der Waals surface area contributed by atoms with Crippen LogP contribution < -0.4 is 0 Å². The first kappa shape index (κ1) is 21.3. The Labute approximate surface area is 178 Å². The van der Waals surface area contributed by atoms with Crippen LogP contribution in [0, 0.1) is 10.7 Å². The average molecular weight is 430 g/mol. The second-order valence-electron chi connectivity index (χ2n) is 9.50. The highest BCUT2D eigenvalue weighted by Crippen LogP contribution is 2.44. The summed E-state index contributed by atoms with van der Waals surface area (Å²) < 4.78 is 26.6. The number of hydrogen-bond donors (Lipinski definition) is 2. The molecule has 0 bridgehead atoms. The van der Waals surface area contributed by atoms with Crippen molar-refractivity contribution >= 4 is 15.5 Å². The fraction of sp³-hybridized carbons (Fsp3) is 0.542. The molecule has 5 nitrogen and oxygen atoms in total. The van der Waals surface area contributed by atoms with Crippen LogP contribution in [0.25, 0.3) is 0 Å². The summed E-state index contributed by atoms with van der Waals surface area (Å²) >= 11 is 0. The first-order valence-corrected chi connectivity index (χ1v) is 12.5. The molecule has 162 valence electrons. The summed E-state index contributed by atoms with van der Waals surface area (Å²) in [5, 5.41) is 10.0. The standard InChI is InChI=1S/C24H31NO4S/c1-15(16-7-8-16)20-10-9-17-5-4-6-21(17)22(20)12-19(26)14-30(25,28)23-11-18(13-29-23)24(2,3)27/h9-11,13,15-16,25,27H,4-8,12,14H2,1-3H3/t15-,30?/m1/s1. The molecule has 4 rings (SSSR count). The maximum absolute atomic E-state index is 13.0. The smallest absolute Gasteiger partial charge is 0.199 e. The molecule has 1 fully saturated rings. The molecular formula is C24H31NO4S. The van der Waals surface area contributed by atoms with Gasteiger partial charge in [-0.2, -0.15) is 0 Å². The molecule has 0 saturated heterocycles. The van der Waals surface area contributed by atoms with Crippen molar-refractivity contribution in [1.29, 1.82) is 4.78 Å². The molecule has 2 aromatic rings. The molecule has 0 amide bonds. The maximum Gasteiger partial charge on any atom is 0.199 e. The first-order chi connectivity index (χ1) is 14.1. The van der Waals surface area contributed by atoms with E-state index in [2.05, 4.69) is 19.1 Å². The van der Waals surface area contributed by atoms with Crippen molar-refractivity contribution in [2.45, 2.75) is 75.9 Å². The van der Waals surface area contributed by atoms with E-state index in [1.54, 1.807) is 13.8 Å². The van der Waals surface area contributed by atoms with Gasteiger partial charge in [0.1, 0.15) is 9.73 Å². The second-order valence-corrected chi connectivity index (χ2v) is 11.5. The zero-order chi connectivity index (χ0) is 21.7. The van der Waals surface area contributed by atoms with Crippen LogP contribution in [0.5, 0.6) is 0 Å². The lowest BCUT2D eigenvalue weighted by atomic mass is 9.86. The van der Waals surface area contributed by atoms with E-state index in [0.29, 0.717) is 17.4 Å². The van der Waals surface area contributed by atoms with Crippen LogP contribution in [0.3, 0.4) is 0 Å². The number of Topliss-reactive ketones (excluding diaryl/α,β-unsaturated/α-hetero) is 1. The molecule has 1 aromatic heterocycles. The van der Waals surface area contributed by atoms with Crippen molar-refractivity contribution < 1.29 is 18.5 Å². The van der Waals surface area contributed by atoms with Gasteiger partial charge in [-0.25, -0.2) is 8.99 Å². The molecule has 30 heavy (non-hydrogen) atoms. The number of hydrogen-bond acceptors (Lipinski definition) is 5. The number of furan rings is 1. The van der Waals surface area contributed by atoms with E-state index in [-0.39, 0.29) is 23.0 Å². The van der Waals surface area contributed by atoms with E-state index in [1.807, 2.05) is 0 Å². The van der Waals surface area contributed by atoms with Crippen molar-refractivity contribution in [1.82, 2.24) is 0 Å². The highest BCUT2D eigenvalue weighted by molar-refractivity contribution is 7.93. The number of aliphatic hydroxyl groups is 1.